The summed E-state index contributed by atoms with van der Waals surface area (Å²) in [6.45, 7) is 10.2. The lowest BCUT2D eigenvalue weighted by Gasteiger charge is -2.34. The quantitative estimate of drug-likeness (QED) is 0.364. The van der Waals surface area contributed by atoms with Gasteiger partial charge in [0, 0.05) is 43.4 Å². The summed E-state index contributed by atoms with van der Waals surface area (Å²) in [6, 6.07) is 4.30. The Morgan fingerprint density at radius 1 is 1.38 bits per heavy atom. The van der Waals surface area contributed by atoms with Gasteiger partial charge in [0.05, 0.1) is 6.54 Å². The third-order valence-electron chi connectivity index (χ3n) is 4.81. The zero-order valence-electron chi connectivity index (χ0n) is 16.4. The Morgan fingerprint density at radius 3 is 2.62 bits per heavy atom. The van der Waals surface area contributed by atoms with E-state index in [1.54, 1.807) is 18.4 Å². The van der Waals surface area contributed by atoms with Gasteiger partial charge in [-0.25, -0.2) is 0 Å². The third kappa shape index (κ3) is 6.72. The number of piperidine rings is 1. The lowest BCUT2D eigenvalue weighted by molar-refractivity contribution is -0.121. The minimum atomic E-state index is 0. The molecule has 0 atom stereocenters. The molecule has 2 rings (SSSR count). The van der Waals surface area contributed by atoms with Crippen LogP contribution in [0, 0.1) is 5.92 Å². The lowest BCUT2D eigenvalue weighted by atomic mass is 9.92. The molecule has 0 aliphatic carbocycles. The van der Waals surface area contributed by atoms with E-state index in [4.69, 9.17) is 4.99 Å². The molecular formula is C19H33IN4OS. The van der Waals surface area contributed by atoms with E-state index in [-0.39, 0.29) is 35.3 Å². The van der Waals surface area contributed by atoms with Crippen LogP contribution < -0.4 is 10.6 Å². The number of carbonyl (C=O) groups is 1. The second-order valence-corrected chi connectivity index (χ2v) is 8.29. The molecule has 1 aromatic heterocycles. The maximum atomic E-state index is 11.6. The number of hydrogen-bond acceptors (Lipinski definition) is 3. The van der Waals surface area contributed by atoms with E-state index in [1.165, 1.54) is 4.88 Å². The van der Waals surface area contributed by atoms with Gasteiger partial charge in [-0.05, 0) is 37.1 Å². The van der Waals surface area contributed by atoms with Crippen LogP contribution in [0.3, 0.4) is 0 Å². The number of aliphatic imine (C=N–C) groups is 1. The molecule has 0 bridgehead atoms. The van der Waals surface area contributed by atoms with Gasteiger partial charge in [0.1, 0.15) is 0 Å². The molecule has 148 valence electrons. The summed E-state index contributed by atoms with van der Waals surface area (Å²) in [5.74, 6) is 1.64. The molecule has 0 spiro atoms. The SMILES string of the molecule is CCNC(=NCC(C)(C)c1cccs1)N1CCC(CC(=O)NC)CC1.I. The first-order valence-corrected chi connectivity index (χ1v) is 10.1. The third-order valence-corrected chi connectivity index (χ3v) is 6.05. The summed E-state index contributed by atoms with van der Waals surface area (Å²) in [7, 11) is 1.71. The Morgan fingerprint density at radius 2 is 2.08 bits per heavy atom. The molecular weight excluding hydrogens is 459 g/mol. The van der Waals surface area contributed by atoms with Crippen molar-refractivity contribution in [3.05, 3.63) is 22.4 Å². The Bertz CT molecular complexity index is 566. The first-order valence-electron chi connectivity index (χ1n) is 9.24. The van der Waals surface area contributed by atoms with E-state index >= 15 is 0 Å². The van der Waals surface area contributed by atoms with Crippen LogP contribution in [0.4, 0.5) is 0 Å². The molecule has 7 heteroatoms. The number of rotatable bonds is 6. The predicted octanol–water partition coefficient (Wildman–Crippen LogP) is 3.46. The Labute approximate surface area is 179 Å². The zero-order chi connectivity index (χ0) is 18.3. The average Bonchev–Trinajstić information content (AvgIpc) is 3.15. The second-order valence-electron chi connectivity index (χ2n) is 7.34. The van der Waals surface area contributed by atoms with Crippen molar-refractivity contribution < 1.29 is 4.79 Å². The standard InChI is InChI=1S/C19H32N4OS.HI/c1-5-21-18(22-14-19(2,3)16-7-6-12-25-16)23-10-8-15(9-11-23)13-17(24)20-4;/h6-7,12,15H,5,8-11,13-14H2,1-4H3,(H,20,24)(H,21,22);1H. The van der Waals surface area contributed by atoms with Crippen molar-refractivity contribution in [2.75, 3.05) is 33.2 Å². The molecule has 1 fully saturated rings. The monoisotopic (exact) mass is 492 g/mol. The Hall–Kier alpha value is -0.830. The fourth-order valence-corrected chi connectivity index (χ4v) is 4.00. The van der Waals surface area contributed by atoms with E-state index in [0.717, 1.165) is 45.0 Å². The van der Waals surface area contributed by atoms with Gasteiger partial charge in [-0.2, -0.15) is 0 Å². The lowest BCUT2D eigenvalue weighted by Crippen LogP contribution is -2.46. The number of nitrogens with one attached hydrogen (secondary N) is 2. The highest BCUT2D eigenvalue weighted by Crippen LogP contribution is 2.28. The number of nitrogens with zero attached hydrogens (tertiary/aromatic N) is 2. The number of carbonyl (C=O) groups excluding carboxylic acids is 1. The van der Waals surface area contributed by atoms with Crippen LogP contribution in [0.15, 0.2) is 22.5 Å². The van der Waals surface area contributed by atoms with Crippen LogP contribution in [0.25, 0.3) is 0 Å². The van der Waals surface area contributed by atoms with Gasteiger partial charge in [0.15, 0.2) is 5.96 Å². The van der Waals surface area contributed by atoms with Gasteiger partial charge in [-0.3, -0.25) is 9.79 Å². The predicted molar refractivity (Wildman–Crippen MR) is 122 cm³/mol. The molecule has 26 heavy (non-hydrogen) atoms. The normalized spacial score (nSPS) is 16.2. The molecule has 1 amide bonds. The molecule has 1 saturated heterocycles. The summed E-state index contributed by atoms with van der Waals surface area (Å²) in [5.41, 5.74) is 0.0480. The fourth-order valence-electron chi connectivity index (χ4n) is 3.15. The van der Waals surface area contributed by atoms with Gasteiger partial charge < -0.3 is 15.5 Å². The minimum Gasteiger partial charge on any atom is -0.359 e. The Balaban J connectivity index is 0.00000338. The van der Waals surface area contributed by atoms with Gasteiger partial charge >= 0.3 is 0 Å². The van der Waals surface area contributed by atoms with Gasteiger partial charge in [-0.1, -0.05) is 19.9 Å². The molecule has 2 N–H and O–H groups in total. The number of amides is 1. The zero-order valence-corrected chi connectivity index (χ0v) is 19.5. The van der Waals surface area contributed by atoms with E-state index in [9.17, 15) is 4.79 Å². The first-order chi connectivity index (χ1) is 12.0. The molecule has 0 aromatic carbocycles. The summed E-state index contributed by atoms with van der Waals surface area (Å²) >= 11 is 1.80. The van der Waals surface area contributed by atoms with Crippen molar-refractivity contribution in [1.29, 1.82) is 0 Å². The highest BCUT2D eigenvalue weighted by atomic mass is 127. The second kappa shape index (κ2) is 11.1. The molecule has 2 heterocycles. The van der Waals surface area contributed by atoms with Crippen molar-refractivity contribution in [1.82, 2.24) is 15.5 Å². The topological polar surface area (TPSA) is 56.7 Å². The van der Waals surface area contributed by atoms with Crippen LogP contribution in [0.5, 0.6) is 0 Å². The summed E-state index contributed by atoms with van der Waals surface area (Å²) in [4.78, 5) is 20.2. The van der Waals surface area contributed by atoms with Crippen LogP contribution in [0.2, 0.25) is 0 Å². The van der Waals surface area contributed by atoms with Crippen LogP contribution >= 0.6 is 35.3 Å². The summed E-state index contributed by atoms with van der Waals surface area (Å²) in [5, 5.41) is 8.29. The summed E-state index contributed by atoms with van der Waals surface area (Å²) < 4.78 is 0. The molecule has 1 aromatic rings. The van der Waals surface area contributed by atoms with E-state index in [2.05, 4.69) is 53.8 Å². The van der Waals surface area contributed by atoms with E-state index in [1.807, 2.05) is 0 Å². The highest BCUT2D eigenvalue weighted by Gasteiger charge is 2.25. The first kappa shape index (κ1) is 23.2. The minimum absolute atomic E-state index is 0. The maximum Gasteiger partial charge on any atom is 0.220 e. The highest BCUT2D eigenvalue weighted by molar-refractivity contribution is 14.0. The van der Waals surface area contributed by atoms with Crippen LogP contribution in [-0.4, -0.2) is 50.0 Å². The van der Waals surface area contributed by atoms with Gasteiger partial charge in [0.25, 0.3) is 0 Å². The Kier molecular flexibility index (Phi) is 9.92. The van der Waals surface area contributed by atoms with Crippen molar-refractivity contribution >= 4 is 47.2 Å². The van der Waals surface area contributed by atoms with Crippen molar-refractivity contribution in [2.24, 2.45) is 10.9 Å². The number of halogens is 1. The van der Waals surface area contributed by atoms with E-state index < -0.39 is 0 Å². The molecule has 0 saturated carbocycles. The molecule has 1 aliphatic rings. The number of guanidine groups is 1. The average molecular weight is 492 g/mol. The number of likely N-dealkylation sites (tertiary alicyclic amines) is 1. The molecule has 0 radical (unpaired) electrons. The molecule has 0 unspecified atom stereocenters. The molecule has 1 aliphatic heterocycles. The fraction of sp³-hybridized carbons (Fsp3) is 0.684. The van der Waals surface area contributed by atoms with Crippen molar-refractivity contribution in [3.63, 3.8) is 0 Å². The summed E-state index contributed by atoms with van der Waals surface area (Å²) in [6.07, 6.45) is 2.74. The molecule has 5 nitrogen and oxygen atoms in total. The number of hydrogen-bond donors (Lipinski definition) is 2. The van der Waals surface area contributed by atoms with Crippen molar-refractivity contribution in [3.8, 4) is 0 Å². The van der Waals surface area contributed by atoms with Gasteiger partial charge in [-0.15, -0.1) is 35.3 Å². The van der Waals surface area contributed by atoms with Crippen LogP contribution in [0.1, 0.15) is 44.9 Å². The maximum absolute atomic E-state index is 11.6. The largest absolute Gasteiger partial charge is 0.359 e. The smallest absolute Gasteiger partial charge is 0.220 e. The van der Waals surface area contributed by atoms with E-state index in [0.29, 0.717) is 12.3 Å². The number of thiophene rings is 1. The van der Waals surface area contributed by atoms with Crippen LogP contribution in [-0.2, 0) is 10.2 Å². The van der Waals surface area contributed by atoms with Gasteiger partial charge in [0.2, 0.25) is 5.91 Å². The van der Waals surface area contributed by atoms with Crippen molar-refractivity contribution in [2.45, 2.75) is 45.4 Å².